The van der Waals surface area contributed by atoms with Crippen molar-refractivity contribution in [2.75, 3.05) is 36.8 Å². The summed E-state index contributed by atoms with van der Waals surface area (Å²) in [5, 5.41) is 0. The van der Waals surface area contributed by atoms with Crippen LogP contribution in [0.15, 0.2) is 48.5 Å². The van der Waals surface area contributed by atoms with Crippen LogP contribution in [0.2, 0.25) is 0 Å². The monoisotopic (exact) mass is 285 g/mol. The molecule has 0 aromatic heterocycles. The van der Waals surface area contributed by atoms with Crippen molar-refractivity contribution in [2.45, 2.75) is 6.54 Å². The molecule has 0 saturated carbocycles. The molecule has 4 heteroatoms. The van der Waals surface area contributed by atoms with Crippen LogP contribution >= 0.6 is 0 Å². The Balaban J connectivity index is 1.59. The zero-order valence-corrected chi connectivity index (χ0v) is 12.0. The maximum absolute atomic E-state index is 13.1. The predicted molar refractivity (Wildman–Crippen MR) is 84.7 cm³/mol. The van der Waals surface area contributed by atoms with Gasteiger partial charge in [-0.15, -0.1) is 0 Å². The van der Waals surface area contributed by atoms with Crippen LogP contribution in [0.3, 0.4) is 0 Å². The molecule has 21 heavy (non-hydrogen) atoms. The second kappa shape index (κ2) is 6.14. The third kappa shape index (κ3) is 3.34. The van der Waals surface area contributed by atoms with Crippen molar-refractivity contribution in [3.63, 3.8) is 0 Å². The van der Waals surface area contributed by atoms with E-state index >= 15 is 0 Å². The highest BCUT2D eigenvalue weighted by Gasteiger charge is 2.17. The molecule has 2 N–H and O–H groups in total. The summed E-state index contributed by atoms with van der Waals surface area (Å²) in [5.74, 6) is -0.273. The highest BCUT2D eigenvalue weighted by Crippen LogP contribution is 2.19. The third-order valence-electron chi connectivity index (χ3n) is 4.00. The first-order valence-corrected chi connectivity index (χ1v) is 7.28. The van der Waals surface area contributed by atoms with Gasteiger partial charge in [0, 0.05) is 44.1 Å². The minimum absolute atomic E-state index is 0.273. The van der Waals surface area contributed by atoms with Gasteiger partial charge in [-0.2, -0.15) is 0 Å². The minimum atomic E-state index is -0.273. The van der Waals surface area contributed by atoms with Gasteiger partial charge in [0.05, 0.1) is 0 Å². The molecule has 0 radical (unpaired) electrons. The summed E-state index contributed by atoms with van der Waals surface area (Å²) in [6.45, 7) is 4.78. The van der Waals surface area contributed by atoms with E-state index in [1.807, 2.05) is 6.07 Å². The van der Waals surface area contributed by atoms with Crippen LogP contribution in [0.25, 0.3) is 0 Å². The average molecular weight is 285 g/mol. The van der Waals surface area contributed by atoms with E-state index < -0.39 is 0 Å². The Bertz CT molecular complexity index is 592. The lowest BCUT2D eigenvalue weighted by Gasteiger charge is -2.36. The van der Waals surface area contributed by atoms with Crippen molar-refractivity contribution in [2.24, 2.45) is 0 Å². The summed E-state index contributed by atoms with van der Waals surface area (Å²) < 4.78 is 13.1. The minimum Gasteiger partial charge on any atom is -0.398 e. The summed E-state index contributed by atoms with van der Waals surface area (Å²) in [7, 11) is 0. The fourth-order valence-electron chi connectivity index (χ4n) is 2.75. The van der Waals surface area contributed by atoms with Gasteiger partial charge in [0.15, 0.2) is 0 Å². The maximum Gasteiger partial charge on any atom is 0.125 e. The van der Waals surface area contributed by atoms with Crippen molar-refractivity contribution in [1.29, 1.82) is 0 Å². The predicted octanol–water partition coefficient (Wildman–Crippen LogP) is 2.73. The molecule has 1 aliphatic heterocycles. The topological polar surface area (TPSA) is 32.5 Å². The molecule has 1 heterocycles. The standard InChI is InChI=1S/C17H20FN3/c18-15-7-6-14(17(19)12-15)13-20-8-10-21(11-9-20)16-4-2-1-3-5-16/h1-7,12H,8-11,13,19H2. The van der Waals surface area contributed by atoms with E-state index in [0.29, 0.717) is 5.69 Å². The SMILES string of the molecule is Nc1cc(F)ccc1CN1CCN(c2ccccc2)CC1. The molecule has 0 spiro atoms. The number of nitrogens with zero attached hydrogens (tertiary/aromatic N) is 2. The van der Waals surface area contributed by atoms with Crippen LogP contribution in [0.1, 0.15) is 5.56 Å². The van der Waals surface area contributed by atoms with Crippen molar-refractivity contribution in [3.05, 3.63) is 59.9 Å². The van der Waals surface area contributed by atoms with E-state index in [-0.39, 0.29) is 5.82 Å². The summed E-state index contributed by atoms with van der Waals surface area (Å²) in [4.78, 5) is 4.76. The molecule has 0 aliphatic carbocycles. The molecule has 110 valence electrons. The zero-order valence-electron chi connectivity index (χ0n) is 12.0. The van der Waals surface area contributed by atoms with Gasteiger partial charge in [-0.3, -0.25) is 4.90 Å². The maximum atomic E-state index is 13.1. The first kappa shape index (κ1) is 13.9. The zero-order chi connectivity index (χ0) is 14.7. The van der Waals surface area contributed by atoms with Gasteiger partial charge in [0.1, 0.15) is 5.82 Å². The van der Waals surface area contributed by atoms with Gasteiger partial charge in [0.2, 0.25) is 0 Å². The van der Waals surface area contributed by atoms with Crippen molar-refractivity contribution < 1.29 is 4.39 Å². The van der Waals surface area contributed by atoms with Crippen molar-refractivity contribution in [1.82, 2.24) is 4.90 Å². The summed E-state index contributed by atoms with van der Waals surface area (Å²) in [6, 6.07) is 15.1. The molecule has 1 aliphatic rings. The Kier molecular flexibility index (Phi) is 4.06. The van der Waals surface area contributed by atoms with E-state index in [1.54, 1.807) is 6.07 Å². The second-order valence-electron chi connectivity index (χ2n) is 5.44. The smallest absolute Gasteiger partial charge is 0.125 e. The van der Waals surface area contributed by atoms with Crippen LogP contribution in [-0.4, -0.2) is 31.1 Å². The molecular weight excluding hydrogens is 265 g/mol. The number of piperazine rings is 1. The number of halogens is 1. The number of rotatable bonds is 3. The summed E-state index contributed by atoms with van der Waals surface area (Å²) in [5.41, 5.74) is 8.70. The van der Waals surface area contributed by atoms with Crippen LogP contribution in [-0.2, 0) is 6.54 Å². The second-order valence-corrected chi connectivity index (χ2v) is 5.44. The fraction of sp³-hybridized carbons (Fsp3) is 0.294. The van der Waals surface area contributed by atoms with Gasteiger partial charge in [-0.1, -0.05) is 24.3 Å². The van der Waals surface area contributed by atoms with E-state index in [9.17, 15) is 4.39 Å². The lowest BCUT2D eigenvalue weighted by atomic mass is 10.1. The Morgan fingerprint density at radius 1 is 0.952 bits per heavy atom. The highest BCUT2D eigenvalue weighted by atomic mass is 19.1. The largest absolute Gasteiger partial charge is 0.398 e. The quantitative estimate of drug-likeness (QED) is 0.880. The molecule has 0 atom stereocenters. The number of benzene rings is 2. The molecule has 3 nitrogen and oxygen atoms in total. The molecule has 1 fully saturated rings. The van der Waals surface area contributed by atoms with Crippen LogP contribution in [0.4, 0.5) is 15.8 Å². The molecule has 1 saturated heterocycles. The number of anilines is 2. The van der Waals surface area contributed by atoms with Gasteiger partial charge in [-0.25, -0.2) is 4.39 Å². The van der Waals surface area contributed by atoms with Gasteiger partial charge >= 0.3 is 0 Å². The van der Waals surface area contributed by atoms with Gasteiger partial charge < -0.3 is 10.6 Å². The molecular formula is C17H20FN3. The van der Waals surface area contributed by atoms with Crippen molar-refractivity contribution in [3.8, 4) is 0 Å². The lowest BCUT2D eigenvalue weighted by Crippen LogP contribution is -2.46. The number of hydrogen-bond donors (Lipinski definition) is 1. The van der Waals surface area contributed by atoms with E-state index in [4.69, 9.17) is 5.73 Å². The van der Waals surface area contributed by atoms with Crippen LogP contribution in [0, 0.1) is 5.82 Å². The molecule has 2 aromatic rings. The first-order valence-electron chi connectivity index (χ1n) is 7.28. The Morgan fingerprint density at radius 3 is 2.33 bits per heavy atom. The van der Waals surface area contributed by atoms with Gasteiger partial charge in [-0.05, 0) is 29.8 Å². The van der Waals surface area contributed by atoms with E-state index in [2.05, 4.69) is 34.1 Å². The first-order chi connectivity index (χ1) is 10.2. The molecule has 3 rings (SSSR count). The van der Waals surface area contributed by atoms with E-state index in [1.165, 1.54) is 17.8 Å². The lowest BCUT2D eigenvalue weighted by molar-refractivity contribution is 0.250. The fourth-order valence-corrected chi connectivity index (χ4v) is 2.75. The number of hydrogen-bond acceptors (Lipinski definition) is 3. The molecule has 0 bridgehead atoms. The summed E-state index contributed by atoms with van der Waals surface area (Å²) in [6.07, 6.45) is 0. The number of para-hydroxylation sites is 1. The third-order valence-corrected chi connectivity index (χ3v) is 4.00. The van der Waals surface area contributed by atoms with Crippen molar-refractivity contribution >= 4 is 11.4 Å². The summed E-state index contributed by atoms with van der Waals surface area (Å²) >= 11 is 0. The highest BCUT2D eigenvalue weighted by molar-refractivity contribution is 5.48. The Morgan fingerprint density at radius 2 is 1.67 bits per heavy atom. The number of nitrogen functional groups attached to an aromatic ring is 1. The number of nitrogens with two attached hydrogens (primary N) is 1. The Labute approximate surface area is 124 Å². The van der Waals surface area contributed by atoms with Crippen LogP contribution in [0.5, 0.6) is 0 Å². The molecule has 0 amide bonds. The normalized spacial score (nSPS) is 16.1. The van der Waals surface area contributed by atoms with Gasteiger partial charge in [0.25, 0.3) is 0 Å². The average Bonchev–Trinajstić information content (AvgIpc) is 2.52. The molecule has 2 aromatic carbocycles. The Hall–Kier alpha value is -2.07. The van der Waals surface area contributed by atoms with E-state index in [0.717, 1.165) is 38.3 Å². The van der Waals surface area contributed by atoms with Crippen LogP contribution < -0.4 is 10.6 Å². The molecule has 0 unspecified atom stereocenters.